The monoisotopic (exact) mass is 301 g/mol. The smallest absolute Gasteiger partial charge is 0.224 e. The van der Waals surface area contributed by atoms with E-state index in [2.05, 4.69) is 37.4 Å². The Labute approximate surface area is 131 Å². The first-order valence-electron chi connectivity index (χ1n) is 7.06. The second-order valence-electron chi connectivity index (χ2n) is 5.44. The molecule has 0 heterocycles. The molecule has 1 N–H and O–H groups in total. The predicted octanol–water partition coefficient (Wildman–Crippen LogP) is 4.38. The largest absolute Gasteiger partial charge is 0.349 e. The van der Waals surface area contributed by atoms with E-state index in [0.717, 1.165) is 11.1 Å². The SMILES string of the molecule is Cc1ccc([C@@H](C)NC(=O)Cc2ccc(Cl)cc2)cc1C. The van der Waals surface area contributed by atoms with Gasteiger partial charge in [0.1, 0.15) is 0 Å². The molecule has 0 saturated heterocycles. The summed E-state index contributed by atoms with van der Waals surface area (Å²) < 4.78 is 0. The Balaban J connectivity index is 1.98. The highest BCUT2D eigenvalue weighted by atomic mass is 35.5. The van der Waals surface area contributed by atoms with Crippen LogP contribution in [0.4, 0.5) is 0 Å². The fourth-order valence-corrected chi connectivity index (χ4v) is 2.32. The Morgan fingerprint density at radius 2 is 1.76 bits per heavy atom. The van der Waals surface area contributed by atoms with E-state index in [1.165, 1.54) is 11.1 Å². The summed E-state index contributed by atoms with van der Waals surface area (Å²) in [6, 6.07) is 13.6. The normalized spacial score (nSPS) is 12.0. The molecule has 0 fully saturated rings. The van der Waals surface area contributed by atoms with Crippen molar-refractivity contribution in [1.29, 1.82) is 0 Å². The van der Waals surface area contributed by atoms with Gasteiger partial charge in [0.25, 0.3) is 0 Å². The van der Waals surface area contributed by atoms with Gasteiger partial charge in [0, 0.05) is 5.02 Å². The zero-order chi connectivity index (χ0) is 15.4. The lowest BCUT2D eigenvalue weighted by Gasteiger charge is -2.16. The van der Waals surface area contributed by atoms with Crippen LogP contribution in [-0.2, 0) is 11.2 Å². The number of hydrogen-bond donors (Lipinski definition) is 1. The predicted molar refractivity (Wildman–Crippen MR) is 87.6 cm³/mol. The second-order valence-corrected chi connectivity index (χ2v) is 5.87. The molecule has 1 atom stereocenters. The van der Waals surface area contributed by atoms with Gasteiger partial charge in [-0.3, -0.25) is 4.79 Å². The summed E-state index contributed by atoms with van der Waals surface area (Å²) in [6.07, 6.45) is 0.367. The average Bonchev–Trinajstić information content (AvgIpc) is 2.44. The van der Waals surface area contributed by atoms with Crippen LogP contribution in [0.3, 0.4) is 0 Å². The number of carbonyl (C=O) groups excluding carboxylic acids is 1. The van der Waals surface area contributed by atoms with Crippen LogP contribution in [0.5, 0.6) is 0 Å². The third-order valence-electron chi connectivity index (χ3n) is 3.69. The molecule has 0 aliphatic carbocycles. The van der Waals surface area contributed by atoms with E-state index < -0.39 is 0 Å². The Morgan fingerprint density at radius 1 is 1.10 bits per heavy atom. The average molecular weight is 302 g/mol. The van der Waals surface area contributed by atoms with Gasteiger partial charge in [-0.05, 0) is 55.2 Å². The molecule has 2 aromatic rings. The number of amides is 1. The third kappa shape index (κ3) is 4.33. The first-order chi connectivity index (χ1) is 9.95. The number of benzene rings is 2. The fraction of sp³-hybridized carbons (Fsp3) is 0.278. The minimum absolute atomic E-state index is 0.00380. The van der Waals surface area contributed by atoms with Gasteiger partial charge < -0.3 is 5.32 Å². The number of rotatable bonds is 4. The third-order valence-corrected chi connectivity index (χ3v) is 3.94. The molecule has 0 aliphatic heterocycles. The van der Waals surface area contributed by atoms with Crippen molar-refractivity contribution in [2.75, 3.05) is 0 Å². The Kier molecular flexibility index (Phi) is 5.03. The van der Waals surface area contributed by atoms with Crippen molar-refractivity contribution in [1.82, 2.24) is 5.32 Å². The minimum Gasteiger partial charge on any atom is -0.349 e. The van der Waals surface area contributed by atoms with Crippen LogP contribution < -0.4 is 5.32 Å². The van der Waals surface area contributed by atoms with E-state index >= 15 is 0 Å². The van der Waals surface area contributed by atoms with Gasteiger partial charge in [0.15, 0.2) is 0 Å². The van der Waals surface area contributed by atoms with Crippen LogP contribution in [0.2, 0.25) is 5.02 Å². The summed E-state index contributed by atoms with van der Waals surface area (Å²) in [5.41, 5.74) is 4.59. The van der Waals surface area contributed by atoms with Crippen LogP contribution in [-0.4, -0.2) is 5.91 Å². The van der Waals surface area contributed by atoms with Crippen LogP contribution in [0.15, 0.2) is 42.5 Å². The van der Waals surface area contributed by atoms with E-state index in [9.17, 15) is 4.79 Å². The Hall–Kier alpha value is -1.80. The zero-order valence-corrected chi connectivity index (χ0v) is 13.4. The van der Waals surface area contributed by atoms with Gasteiger partial charge in [-0.15, -0.1) is 0 Å². The second kappa shape index (κ2) is 6.77. The van der Waals surface area contributed by atoms with Crippen molar-refractivity contribution in [2.24, 2.45) is 0 Å². The molecule has 3 heteroatoms. The summed E-state index contributed by atoms with van der Waals surface area (Å²) in [6.45, 7) is 6.17. The molecule has 0 saturated carbocycles. The van der Waals surface area contributed by atoms with Crippen molar-refractivity contribution in [3.63, 3.8) is 0 Å². The van der Waals surface area contributed by atoms with Gasteiger partial charge in [-0.1, -0.05) is 41.9 Å². The quantitative estimate of drug-likeness (QED) is 0.892. The van der Waals surface area contributed by atoms with Crippen molar-refractivity contribution in [3.05, 3.63) is 69.7 Å². The first-order valence-corrected chi connectivity index (χ1v) is 7.44. The highest BCUT2D eigenvalue weighted by molar-refractivity contribution is 6.30. The number of carbonyl (C=O) groups is 1. The van der Waals surface area contributed by atoms with Gasteiger partial charge >= 0.3 is 0 Å². The lowest BCUT2D eigenvalue weighted by Crippen LogP contribution is -2.28. The first kappa shape index (κ1) is 15.6. The van der Waals surface area contributed by atoms with Crippen LogP contribution in [0, 0.1) is 13.8 Å². The lowest BCUT2D eigenvalue weighted by molar-refractivity contribution is -0.121. The van der Waals surface area contributed by atoms with Crippen LogP contribution in [0.25, 0.3) is 0 Å². The topological polar surface area (TPSA) is 29.1 Å². The molecule has 21 heavy (non-hydrogen) atoms. The Bertz CT molecular complexity index is 634. The van der Waals surface area contributed by atoms with Crippen molar-refractivity contribution in [2.45, 2.75) is 33.2 Å². The van der Waals surface area contributed by atoms with Gasteiger partial charge in [-0.2, -0.15) is 0 Å². The molecule has 0 spiro atoms. The minimum atomic E-state index is 0.00380. The van der Waals surface area contributed by atoms with Crippen molar-refractivity contribution < 1.29 is 4.79 Å². The number of aryl methyl sites for hydroxylation is 2. The lowest BCUT2D eigenvalue weighted by atomic mass is 10.0. The number of halogens is 1. The maximum Gasteiger partial charge on any atom is 0.224 e. The number of hydrogen-bond acceptors (Lipinski definition) is 1. The van der Waals surface area contributed by atoms with Crippen molar-refractivity contribution >= 4 is 17.5 Å². The molecule has 2 rings (SSSR count). The van der Waals surface area contributed by atoms with E-state index in [1.807, 2.05) is 19.1 Å². The summed E-state index contributed by atoms with van der Waals surface area (Å²) in [5, 5.41) is 3.72. The molecule has 2 aromatic carbocycles. The van der Waals surface area contributed by atoms with E-state index in [1.54, 1.807) is 12.1 Å². The maximum absolute atomic E-state index is 12.1. The maximum atomic E-state index is 12.1. The molecule has 0 aliphatic rings. The van der Waals surface area contributed by atoms with Crippen LogP contribution in [0.1, 0.15) is 35.2 Å². The van der Waals surface area contributed by atoms with Crippen molar-refractivity contribution in [3.8, 4) is 0 Å². The highest BCUT2D eigenvalue weighted by Crippen LogP contribution is 2.17. The fourth-order valence-electron chi connectivity index (χ4n) is 2.20. The Morgan fingerprint density at radius 3 is 2.38 bits per heavy atom. The molecule has 2 nitrogen and oxygen atoms in total. The molecule has 0 bridgehead atoms. The van der Waals surface area contributed by atoms with E-state index in [4.69, 9.17) is 11.6 Å². The number of nitrogens with one attached hydrogen (secondary N) is 1. The van der Waals surface area contributed by atoms with Gasteiger partial charge in [0.2, 0.25) is 5.91 Å². The summed E-state index contributed by atoms with van der Waals surface area (Å²) >= 11 is 5.84. The molecular weight excluding hydrogens is 282 g/mol. The van der Waals surface area contributed by atoms with Gasteiger partial charge in [0.05, 0.1) is 12.5 Å². The highest BCUT2D eigenvalue weighted by Gasteiger charge is 2.10. The summed E-state index contributed by atoms with van der Waals surface area (Å²) in [7, 11) is 0. The van der Waals surface area contributed by atoms with Crippen LogP contribution >= 0.6 is 11.6 Å². The summed E-state index contributed by atoms with van der Waals surface area (Å²) in [4.78, 5) is 12.1. The molecule has 0 aromatic heterocycles. The van der Waals surface area contributed by atoms with E-state index in [-0.39, 0.29) is 11.9 Å². The molecule has 110 valence electrons. The molecule has 0 radical (unpaired) electrons. The standard InChI is InChI=1S/C18H20ClNO/c1-12-4-7-16(10-13(12)2)14(3)20-18(21)11-15-5-8-17(19)9-6-15/h4-10,14H,11H2,1-3H3,(H,20,21)/t14-/m1/s1. The molecule has 1 amide bonds. The van der Waals surface area contributed by atoms with Gasteiger partial charge in [-0.25, -0.2) is 0 Å². The van der Waals surface area contributed by atoms with E-state index in [0.29, 0.717) is 11.4 Å². The zero-order valence-electron chi connectivity index (χ0n) is 12.6. The molecular formula is C18H20ClNO. The molecule has 0 unspecified atom stereocenters. The summed E-state index contributed by atoms with van der Waals surface area (Å²) in [5.74, 6) is 0.0167.